The Bertz CT molecular complexity index is 716. The fraction of sp³-hybridized carbons (Fsp3) is 0.600. The number of esters is 2. The summed E-state index contributed by atoms with van der Waals surface area (Å²) in [4.78, 5) is 24.4. The van der Waals surface area contributed by atoms with Crippen LogP contribution < -0.4 is 0 Å². The van der Waals surface area contributed by atoms with Crippen LogP contribution in [0.15, 0.2) is 35.5 Å². The summed E-state index contributed by atoms with van der Waals surface area (Å²) in [5.41, 5.74) is 0.0432. The highest BCUT2D eigenvalue weighted by atomic mass is 16.6. The Balaban J connectivity index is 2.06. The molecule has 0 aromatic carbocycles. The first kappa shape index (κ1) is 18.9. The van der Waals surface area contributed by atoms with Gasteiger partial charge in [0.15, 0.2) is 6.10 Å². The molecule has 0 amide bonds. The van der Waals surface area contributed by atoms with Crippen LogP contribution in [0.3, 0.4) is 0 Å². The molecule has 1 aliphatic heterocycles. The van der Waals surface area contributed by atoms with Gasteiger partial charge in [-0.05, 0) is 34.1 Å². The number of aliphatic hydroxyl groups excluding tert-OH is 1. The number of hydrogen-bond donors (Lipinski definition) is 2. The van der Waals surface area contributed by atoms with E-state index in [1.165, 1.54) is 0 Å². The van der Waals surface area contributed by atoms with Crippen LogP contribution in [0, 0.1) is 17.8 Å². The summed E-state index contributed by atoms with van der Waals surface area (Å²) in [6.07, 6.45) is 1.06. The maximum atomic E-state index is 12.3. The van der Waals surface area contributed by atoms with Crippen LogP contribution in [0.4, 0.5) is 0 Å². The van der Waals surface area contributed by atoms with Crippen LogP contribution in [-0.4, -0.2) is 46.1 Å². The van der Waals surface area contributed by atoms with Crippen molar-refractivity contribution in [2.45, 2.75) is 58.0 Å². The summed E-state index contributed by atoms with van der Waals surface area (Å²) in [7, 11) is 0. The zero-order chi connectivity index (χ0) is 19.4. The molecule has 142 valence electrons. The minimum absolute atomic E-state index is 0.155. The van der Waals surface area contributed by atoms with E-state index >= 15 is 0 Å². The third-order valence-electron chi connectivity index (χ3n) is 6.26. The highest BCUT2D eigenvalue weighted by Crippen LogP contribution is 2.52. The van der Waals surface area contributed by atoms with E-state index in [-0.39, 0.29) is 17.4 Å². The lowest BCUT2D eigenvalue weighted by molar-refractivity contribution is -0.184. The van der Waals surface area contributed by atoms with Crippen molar-refractivity contribution in [1.82, 2.24) is 0 Å². The molecule has 1 saturated carbocycles. The van der Waals surface area contributed by atoms with Gasteiger partial charge in [0.05, 0.1) is 5.92 Å². The molecule has 26 heavy (non-hydrogen) atoms. The van der Waals surface area contributed by atoms with Crippen LogP contribution in [0.1, 0.15) is 34.1 Å². The van der Waals surface area contributed by atoms with Crippen molar-refractivity contribution in [3.8, 4) is 0 Å². The zero-order valence-electron chi connectivity index (χ0n) is 15.6. The Morgan fingerprint density at radius 1 is 1.46 bits per heavy atom. The quantitative estimate of drug-likeness (QED) is 0.441. The van der Waals surface area contributed by atoms with Gasteiger partial charge in [0.2, 0.25) is 0 Å². The van der Waals surface area contributed by atoms with Crippen molar-refractivity contribution >= 4 is 11.9 Å². The number of fused-ring (bicyclic) bond motifs is 3. The monoisotopic (exact) mass is 362 g/mol. The van der Waals surface area contributed by atoms with Gasteiger partial charge in [0.1, 0.15) is 17.8 Å². The molecule has 2 aliphatic carbocycles. The second-order valence-corrected chi connectivity index (χ2v) is 7.75. The Hall–Kier alpha value is -1.92. The van der Waals surface area contributed by atoms with E-state index in [1.54, 1.807) is 26.8 Å². The maximum absolute atomic E-state index is 12.3. The lowest BCUT2D eigenvalue weighted by atomic mass is 9.75. The lowest BCUT2D eigenvalue weighted by Crippen LogP contribution is -2.54. The van der Waals surface area contributed by atoms with Crippen LogP contribution in [0.2, 0.25) is 0 Å². The topological polar surface area (TPSA) is 93.1 Å². The van der Waals surface area contributed by atoms with Gasteiger partial charge in [0, 0.05) is 23.0 Å². The zero-order valence-corrected chi connectivity index (χ0v) is 15.6. The molecule has 3 aliphatic rings. The van der Waals surface area contributed by atoms with Gasteiger partial charge < -0.3 is 19.7 Å². The van der Waals surface area contributed by atoms with Crippen molar-refractivity contribution < 1.29 is 29.3 Å². The van der Waals surface area contributed by atoms with Gasteiger partial charge in [-0.1, -0.05) is 24.3 Å². The molecule has 3 rings (SSSR count). The number of rotatable bonds is 2. The molecule has 0 bridgehead atoms. The first-order valence-electron chi connectivity index (χ1n) is 8.92. The van der Waals surface area contributed by atoms with Crippen molar-refractivity contribution in [3.63, 3.8) is 0 Å². The molecular formula is C20H26O6. The van der Waals surface area contributed by atoms with Crippen LogP contribution >= 0.6 is 0 Å². The summed E-state index contributed by atoms with van der Waals surface area (Å²) in [5.74, 6) is -2.47. The molecule has 2 N–H and O–H groups in total. The summed E-state index contributed by atoms with van der Waals surface area (Å²) >= 11 is 0. The Morgan fingerprint density at radius 3 is 2.73 bits per heavy atom. The van der Waals surface area contributed by atoms with Gasteiger partial charge in [-0.15, -0.1) is 0 Å². The first-order chi connectivity index (χ1) is 12.1. The predicted molar refractivity (Wildman–Crippen MR) is 93.8 cm³/mol. The highest BCUT2D eigenvalue weighted by Gasteiger charge is 2.62. The molecule has 0 unspecified atom stereocenters. The predicted octanol–water partition coefficient (Wildman–Crippen LogP) is 1.67. The average Bonchev–Trinajstić information content (AvgIpc) is 3.09. The molecule has 2 fully saturated rings. The number of carbonyl (C=O) groups is 2. The van der Waals surface area contributed by atoms with Crippen molar-refractivity contribution in [2.24, 2.45) is 17.8 Å². The number of allylic oxidation sites excluding steroid dienone is 2. The van der Waals surface area contributed by atoms with E-state index in [9.17, 15) is 19.8 Å². The summed E-state index contributed by atoms with van der Waals surface area (Å²) in [6, 6.07) is 0. The van der Waals surface area contributed by atoms with Crippen molar-refractivity contribution in [2.75, 3.05) is 0 Å². The molecule has 1 saturated heterocycles. The molecular weight excluding hydrogens is 336 g/mol. The third-order valence-corrected chi connectivity index (χ3v) is 6.26. The minimum Gasteiger partial charge on any atom is -0.458 e. The van der Waals surface area contributed by atoms with Gasteiger partial charge in [0.25, 0.3) is 0 Å². The molecule has 0 aromatic rings. The van der Waals surface area contributed by atoms with Gasteiger partial charge in [-0.2, -0.15) is 0 Å². The SMILES string of the molecule is C=C1C(=O)O[C@H]2[C@H]1[C@@H](O)[C@@H](OC(=O)/C(C)=C\C)[C@](C)(O)[C@H]1CC=C(C)[C@H]21. The van der Waals surface area contributed by atoms with Crippen molar-refractivity contribution in [1.29, 1.82) is 0 Å². The normalized spacial score (nSPS) is 42.5. The molecule has 6 heteroatoms. The third kappa shape index (κ3) is 2.63. The fourth-order valence-electron chi connectivity index (χ4n) is 4.57. The number of carbonyl (C=O) groups excluding carboxylic acids is 2. The van der Waals surface area contributed by atoms with E-state index in [0.29, 0.717) is 12.0 Å². The molecule has 7 atom stereocenters. The standard InChI is InChI=1S/C20H26O6/c1-6-9(2)18(22)26-17-15(21)14-11(4)19(23)25-16(14)13-10(3)7-8-12(13)20(17,5)24/h6-7,12-17,21,24H,4,8H2,1-3,5H3/b9-6-/t12-,13-,14+,15+,16+,17+,20+/m0/s1. The summed E-state index contributed by atoms with van der Waals surface area (Å²) in [5, 5.41) is 22.3. The number of aliphatic hydroxyl groups is 2. The van der Waals surface area contributed by atoms with Crippen LogP contribution in [0.25, 0.3) is 0 Å². The second kappa shape index (κ2) is 6.35. The summed E-state index contributed by atoms with van der Waals surface area (Å²) in [6.45, 7) is 10.6. The van der Waals surface area contributed by atoms with Gasteiger partial charge >= 0.3 is 11.9 Å². The van der Waals surface area contributed by atoms with Crippen LogP contribution in [0.5, 0.6) is 0 Å². The summed E-state index contributed by atoms with van der Waals surface area (Å²) < 4.78 is 11.1. The highest BCUT2D eigenvalue weighted by molar-refractivity contribution is 5.91. The van der Waals surface area contributed by atoms with E-state index in [2.05, 4.69) is 6.58 Å². The van der Waals surface area contributed by atoms with E-state index in [1.807, 2.05) is 13.0 Å². The Labute approximate surface area is 153 Å². The van der Waals surface area contributed by atoms with E-state index in [0.717, 1.165) is 5.57 Å². The lowest BCUT2D eigenvalue weighted by Gasteiger charge is -2.39. The Kier molecular flexibility index (Phi) is 4.61. The number of ether oxygens (including phenoxy) is 2. The van der Waals surface area contributed by atoms with E-state index in [4.69, 9.17) is 9.47 Å². The van der Waals surface area contributed by atoms with E-state index < -0.39 is 41.8 Å². The molecule has 0 aromatic heterocycles. The van der Waals surface area contributed by atoms with Gasteiger partial charge in [-0.3, -0.25) is 0 Å². The maximum Gasteiger partial charge on any atom is 0.334 e. The smallest absolute Gasteiger partial charge is 0.334 e. The number of hydrogen-bond acceptors (Lipinski definition) is 6. The molecule has 1 heterocycles. The molecule has 6 nitrogen and oxygen atoms in total. The first-order valence-corrected chi connectivity index (χ1v) is 8.92. The van der Waals surface area contributed by atoms with Crippen molar-refractivity contribution in [3.05, 3.63) is 35.5 Å². The Morgan fingerprint density at radius 2 is 2.12 bits per heavy atom. The largest absolute Gasteiger partial charge is 0.458 e. The molecule has 0 spiro atoms. The second-order valence-electron chi connectivity index (χ2n) is 7.75. The average molecular weight is 362 g/mol. The van der Waals surface area contributed by atoms with Crippen LogP contribution in [-0.2, 0) is 19.1 Å². The fourth-order valence-corrected chi connectivity index (χ4v) is 4.57. The molecule has 0 radical (unpaired) electrons. The van der Waals surface area contributed by atoms with Gasteiger partial charge in [-0.25, -0.2) is 9.59 Å². The minimum atomic E-state index is -1.49.